The summed E-state index contributed by atoms with van der Waals surface area (Å²) >= 11 is 0. The lowest BCUT2D eigenvalue weighted by Gasteiger charge is -2.27. The van der Waals surface area contributed by atoms with Gasteiger partial charge in [-0.1, -0.05) is 13.8 Å². The molecule has 0 fully saturated rings. The minimum Gasteiger partial charge on any atom is -0.396 e. The molecule has 0 rings (SSSR count). The molecule has 0 bridgehead atoms. The van der Waals surface area contributed by atoms with Crippen molar-refractivity contribution in [3.8, 4) is 0 Å². The van der Waals surface area contributed by atoms with Crippen molar-refractivity contribution in [3.05, 3.63) is 0 Å². The molecule has 0 saturated heterocycles. The molecular weight excluding hydrogens is 164 g/mol. The molecule has 0 aromatic heterocycles. The fraction of sp³-hybridized carbons (Fsp3) is 1.00. The molecule has 1 nitrogen and oxygen atoms in total. The predicted molar refractivity (Wildman–Crippen MR) is 31.8 cm³/mol. The zero-order valence-electron chi connectivity index (χ0n) is 6.24. The van der Waals surface area contributed by atoms with Gasteiger partial charge in [-0.15, -0.1) is 0 Å². The largest absolute Gasteiger partial charge is 0.420 e. The van der Waals surface area contributed by atoms with Crippen molar-refractivity contribution in [1.29, 1.82) is 0 Å². The van der Waals surface area contributed by atoms with E-state index in [2.05, 4.69) is 0 Å². The summed E-state index contributed by atoms with van der Waals surface area (Å²) in [5, 5.41) is 8.39. The molecule has 1 N–H and O–H groups in total. The molecule has 0 amide bonds. The van der Waals surface area contributed by atoms with Gasteiger partial charge in [0.2, 0.25) is 6.17 Å². The van der Waals surface area contributed by atoms with Crippen LogP contribution in [0.1, 0.15) is 13.8 Å². The molecule has 0 heterocycles. The van der Waals surface area contributed by atoms with Crippen molar-refractivity contribution in [2.45, 2.75) is 26.2 Å². The van der Waals surface area contributed by atoms with Crippen LogP contribution < -0.4 is 0 Å². The molecule has 0 aliphatic carbocycles. The molecule has 0 aromatic rings. The number of aliphatic hydroxyl groups is 1. The van der Waals surface area contributed by atoms with Crippen LogP contribution >= 0.6 is 0 Å². The van der Waals surface area contributed by atoms with Crippen molar-refractivity contribution in [2.24, 2.45) is 5.41 Å². The van der Waals surface area contributed by atoms with E-state index in [1.807, 2.05) is 0 Å². The quantitative estimate of drug-likeness (QED) is 0.634. The number of halogens is 4. The predicted octanol–water partition coefficient (Wildman–Crippen LogP) is 1.91. The minimum absolute atomic E-state index is 0.826. The van der Waals surface area contributed by atoms with Gasteiger partial charge in [0.25, 0.3) is 0 Å². The van der Waals surface area contributed by atoms with E-state index < -0.39 is 24.4 Å². The molecule has 1 atom stereocenters. The van der Waals surface area contributed by atoms with E-state index in [-0.39, 0.29) is 0 Å². The summed E-state index contributed by atoms with van der Waals surface area (Å²) in [4.78, 5) is 0. The van der Waals surface area contributed by atoms with Crippen LogP contribution in [0.2, 0.25) is 0 Å². The summed E-state index contributed by atoms with van der Waals surface area (Å²) in [6.45, 7) is 1.21. The highest BCUT2D eigenvalue weighted by Crippen LogP contribution is 2.35. The second kappa shape index (κ2) is 2.97. The monoisotopic (exact) mass is 174 g/mol. The van der Waals surface area contributed by atoms with E-state index in [1.54, 1.807) is 0 Å². The van der Waals surface area contributed by atoms with Gasteiger partial charge in [-0.05, 0) is 0 Å². The third-order valence-corrected chi connectivity index (χ3v) is 1.38. The summed E-state index contributed by atoms with van der Waals surface area (Å²) in [6, 6.07) is 0. The average molecular weight is 174 g/mol. The summed E-state index contributed by atoms with van der Waals surface area (Å²) in [7, 11) is 0. The highest BCUT2D eigenvalue weighted by molar-refractivity contribution is 4.82. The second-order valence-electron chi connectivity index (χ2n) is 3.05. The molecule has 0 radical (unpaired) electrons. The van der Waals surface area contributed by atoms with Crippen LogP contribution in [0.4, 0.5) is 17.6 Å². The Labute approximate surface area is 62.0 Å². The zero-order valence-corrected chi connectivity index (χ0v) is 6.24. The van der Waals surface area contributed by atoms with Gasteiger partial charge in [0.05, 0.1) is 6.61 Å². The number of hydrogen-bond donors (Lipinski definition) is 1. The Morgan fingerprint density at radius 3 is 1.73 bits per heavy atom. The van der Waals surface area contributed by atoms with Crippen LogP contribution in [0.25, 0.3) is 0 Å². The van der Waals surface area contributed by atoms with Crippen molar-refractivity contribution >= 4 is 0 Å². The molecule has 0 aliphatic heterocycles. The Hall–Kier alpha value is -0.320. The first-order valence-electron chi connectivity index (χ1n) is 3.03. The van der Waals surface area contributed by atoms with E-state index in [1.165, 1.54) is 0 Å². The van der Waals surface area contributed by atoms with Gasteiger partial charge in [0, 0.05) is 5.41 Å². The number of alkyl halides is 4. The van der Waals surface area contributed by atoms with E-state index in [9.17, 15) is 17.6 Å². The van der Waals surface area contributed by atoms with Crippen LogP contribution in [-0.2, 0) is 0 Å². The fourth-order valence-electron chi connectivity index (χ4n) is 0.523. The third kappa shape index (κ3) is 2.65. The highest BCUT2D eigenvalue weighted by Gasteiger charge is 2.49. The summed E-state index contributed by atoms with van der Waals surface area (Å²) in [5.41, 5.74) is -1.75. The normalized spacial score (nSPS) is 16.6. The van der Waals surface area contributed by atoms with Crippen molar-refractivity contribution < 1.29 is 22.7 Å². The van der Waals surface area contributed by atoms with Gasteiger partial charge in [-0.25, -0.2) is 4.39 Å². The molecule has 11 heavy (non-hydrogen) atoms. The van der Waals surface area contributed by atoms with Gasteiger partial charge in [0.1, 0.15) is 0 Å². The smallest absolute Gasteiger partial charge is 0.396 e. The maximum Gasteiger partial charge on any atom is 0.420 e. The lowest BCUT2D eigenvalue weighted by molar-refractivity contribution is -0.212. The zero-order chi connectivity index (χ0) is 9.28. The Morgan fingerprint density at radius 2 is 1.64 bits per heavy atom. The van der Waals surface area contributed by atoms with Crippen LogP contribution in [0.3, 0.4) is 0 Å². The maximum atomic E-state index is 12.4. The number of hydrogen-bond acceptors (Lipinski definition) is 1. The maximum absolute atomic E-state index is 12.4. The van der Waals surface area contributed by atoms with Gasteiger partial charge < -0.3 is 5.11 Å². The Balaban J connectivity index is 4.35. The van der Waals surface area contributed by atoms with Crippen LogP contribution in [0.15, 0.2) is 0 Å². The van der Waals surface area contributed by atoms with E-state index in [0.29, 0.717) is 0 Å². The first-order chi connectivity index (χ1) is 4.72. The molecule has 5 heteroatoms. The van der Waals surface area contributed by atoms with Crippen LogP contribution in [0.5, 0.6) is 0 Å². The lowest BCUT2D eigenvalue weighted by atomic mass is 9.88. The summed E-state index contributed by atoms with van der Waals surface area (Å²) in [5.74, 6) is 0. The van der Waals surface area contributed by atoms with Gasteiger partial charge in [0.15, 0.2) is 0 Å². The highest BCUT2D eigenvalue weighted by atomic mass is 19.4. The van der Waals surface area contributed by atoms with Crippen molar-refractivity contribution in [1.82, 2.24) is 0 Å². The van der Waals surface area contributed by atoms with Gasteiger partial charge in [-0.2, -0.15) is 13.2 Å². The number of aliphatic hydroxyl groups excluding tert-OH is 1. The molecule has 0 aliphatic rings. The standard InChI is InChI=1S/C6H10F4O/c1-5(2,3-11)4(7)6(8,9)10/h4,11H,3H2,1-2H3. The Kier molecular flexibility index (Phi) is 2.88. The topological polar surface area (TPSA) is 20.2 Å². The van der Waals surface area contributed by atoms with Crippen molar-refractivity contribution in [3.63, 3.8) is 0 Å². The number of rotatable bonds is 2. The molecule has 0 spiro atoms. The second-order valence-corrected chi connectivity index (χ2v) is 3.05. The molecule has 1 unspecified atom stereocenters. The van der Waals surface area contributed by atoms with E-state index >= 15 is 0 Å². The first-order valence-corrected chi connectivity index (χ1v) is 3.03. The molecular formula is C6H10F4O. The van der Waals surface area contributed by atoms with Crippen LogP contribution in [-0.4, -0.2) is 24.1 Å². The SMILES string of the molecule is CC(C)(CO)C(F)C(F)(F)F. The summed E-state index contributed by atoms with van der Waals surface area (Å²) < 4.78 is 47.3. The summed E-state index contributed by atoms with van der Waals surface area (Å²) in [6.07, 6.45) is -7.85. The molecule has 68 valence electrons. The van der Waals surface area contributed by atoms with Crippen molar-refractivity contribution in [2.75, 3.05) is 6.61 Å². The minimum atomic E-state index is -4.88. The lowest BCUT2D eigenvalue weighted by Crippen LogP contribution is -2.40. The van der Waals surface area contributed by atoms with E-state index in [4.69, 9.17) is 5.11 Å². The van der Waals surface area contributed by atoms with Gasteiger partial charge >= 0.3 is 6.18 Å². The third-order valence-electron chi connectivity index (χ3n) is 1.38. The van der Waals surface area contributed by atoms with Crippen LogP contribution in [0, 0.1) is 5.41 Å². The Bertz CT molecular complexity index is 129. The molecule has 0 aromatic carbocycles. The fourth-order valence-corrected chi connectivity index (χ4v) is 0.523. The average Bonchev–Trinajstić information content (AvgIpc) is 1.84. The molecule has 0 saturated carbocycles. The van der Waals surface area contributed by atoms with E-state index in [0.717, 1.165) is 13.8 Å². The van der Waals surface area contributed by atoms with Gasteiger partial charge in [-0.3, -0.25) is 0 Å². The Morgan fingerprint density at radius 1 is 1.27 bits per heavy atom. The first kappa shape index (κ1) is 10.7.